The van der Waals surface area contributed by atoms with Gasteiger partial charge in [0.15, 0.2) is 0 Å². The molecule has 1 heterocycles. The van der Waals surface area contributed by atoms with Crippen molar-refractivity contribution in [2.75, 3.05) is 20.8 Å². The number of aliphatic carboxylic acids is 3. The molecule has 212 valence electrons. The second-order valence-electron chi connectivity index (χ2n) is 8.78. The monoisotopic (exact) mass is 544 g/mol. The number of ether oxygens (including phenoxy) is 2. The van der Waals surface area contributed by atoms with E-state index in [1.165, 1.54) is 0 Å². The number of nitrogens with zero attached hydrogens (tertiary/aromatic N) is 1. The summed E-state index contributed by atoms with van der Waals surface area (Å²) in [6, 6.07) is 15.2. The molecule has 0 unspecified atom stereocenters. The molecular weight excluding hydrogens is 508 g/mol. The maximum absolute atomic E-state index is 11.9. The predicted octanol–water partition coefficient (Wildman–Crippen LogP) is 3.51. The van der Waals surface area contributed by atoms with Gasteiger partial charge in [-0.25, -0.2) is 4.79 Å². The van der Waals surface area contributed by atoms with Crippen LogP contribution in [0.25, 0.3) is 0 Å². The van der Waals surface area contributed by atoms with Crippen molar-refractivity contribution < 1.29 is 44.0 Å². The van der Waals surface area contributed by atoms with E-state index in [-0.39, 0.29) is 36.5 Å². The average molecular weight is 545 g/mol. The molecule has 11 nitrogen and oxygen atoms in total. The van der Waals surface area contributed by atoms with Crippen molar-refractivity contribution in [3.05, 3.63) is 71.8 Å². The van der Waals surface area contributed by atoms with E-state index in [0.717, 1.165) is 22.6 Å². The highest BCUT2D eigenvalue weighted by Gasteiger charge is 2.36. The first kappa shape index (κ1) is 32.6. The van der Waals surface area contributed by atoms with E-state index in [9.17, 15) is 19.2 Å². The fourth-order valence-corrected chi connectivity index (χ4v) is 3.50. The number of amides is 1. The lowest BCUT2D eigenvalue weighted by Crippen LogP contribution is -2.29. The van der Waals surface area contributed by atoms with Crippen molar-refractivity contribution in [1.82, 2.24) is 4.90 Å². The summed E-state index contributed by atoms with van der Waals surface area (Å²) in [7, 11) is 3.25. The van der Waals surface area contributed by atoms with Crippen LogP contribution in [0.2, 0.25) is 0 Å². The van der Waals surface area contributed by atoms with Crippen molar-refractivity contribution in [3.8, 4) is 11.5 Å². The van der Waals surface area contributed by atoms with E-state index in [0.29, 0.717) is 0 Å². The van der Waals surface area contributed by atoms with Crippen molar-refractivity contribution in [3.63, 3.8) is 0 Å². The first-order valence-corrected chi connectivity index (χ1v) is 12.0. The summed E-state index contributed by atoms with van der Waals surface area (Å²) in [5, 5.41) is 25.1. The van der Waals surface area contributed by atoms with Crippen LogP contribution < -0.4 is 15.2 Å². The topological polar surface area (TPSA) is 177 Å². The zero-order valence-electron chi connectivity index (χ0n) is 22.5. The number of rotatable bonds is 9. The molecule has 2 aromatic rings. The first-order valence-electron chi connectivity index (χ1n) is 12.0. The second-order valence-corrected chi connectivity index (χ2v) is 8.78. The van der Waals surface area contributed by atoms with Gasteiger partial charge in [0.2, 0.25) is 5.91 Å². The van der Waals surface area contributed by atoms with Gasteiger partial charge in [0.1, 0.15) is 11.5 Å². The van der Waals surface area contributed by atoms with E-state index >= 15 is 0 Å². The molecule has 11 heteroatoms. The molecule has 5 N–H and O–H groups in total. The van der Waals surface area contributed by atoms with Crippen molar-refractivity contribution in [1.29, 1.82) is 0 Å². The van der Waals surface area contributed by atoms with E-state index in [2.05, 4.69) is 6.58 Å². The van der Waals surface area contributed by atoms with Crippen molar-refractivity contribution in [2.24, 2.45) is 11.7 Å². The van der Waals surface area contributed by atoms with Crippen LogP contribution in [0.5, 0.6) is 11.5 Å². The summed E-state index contributed by atoms with van der Waals surface area (Å²) < 4.78 is 10.1. The molecule has 3 rings (SSSR count). The Bertz CT molecular complexity index is 1130. The highest BCUT2D eigenvalue weighted by molar-refractivity contribution is 5.91. The third kappa shape index (κ3) is 10.9. The van der Waals surface area contributed by atoms with Crippen LogP contribution in [0.3, 0.4) is 0 Å². The molecule has 0 spiro atoms. The fraction of sp³-hybridized carbons (Fsp3) is 0.357. The number of nitrogens with two attached hydrogens (primary N) is 1. The summed E-state index contributed by atoms with van der Waals surface area (Å²) in [6.45, 7) is 7.16. The van der Waals surface area contributed by atoms with Gasteiger partial charge in [0.05, 0.1) is 32.6 Å². The van der Waals surface area contributed by atoms with Gasteiger partial charge in [-0.3, -0.25) is 14.4 Å². The van der Waals surface area contributed by atoms with E-state index < -0.39 is 30.2 Å². The second kappa shape index (κ2) is 15.8. The van der Waals surface area contributed by atoms with Crippen LogP contribution >= 0.6 is 0 Å². The quantitative estimate of drug-likeness (QED) is 0.342. The Morgan fingerprint density at radius 1 is 0.949 bits per heavy atom. The lowest BCUT2D eigenvalue weighted by molar-refractivity contribution is -0.141. The van der Waals surface area contributed by atoms with Crippen LogP contribution in [-0.4, -0.2) is 64.8 Å². The Morgan fingerprint density at radius 3 is 1.72 bits per heavy atom. The lowest BCUT2D eigenvalue weighted by Gasteiger charge is -2.25. The average Bonchev–Trinajstić information content (AvgIpc) is 3.30. The molecule has 1 aliphatic rings. The van der Waals surface area contributed by atoms with E-state index in [4.69, 9.17) is 30.5 Å². The van der Waals surface area contributed by atoms with Crippen LogP contribution in [0.15, 0.2) is 60.7 Å². The Hall–Kier alpha value is -4.38. The number of likely N-dealkylation sites (tertiary alicyclic amines) is 1. The summed E-state index contributed by atoms with van der Waals surface area (Å²) >= 11 is 0. The number of hydrogen-bond acceptors (Lipinski definition) is 7. The number of carbonyl (C=O) groups excluding carboxylic acids is 1. The third-order valence-corrected chi connectivity index (χ3v) is 5.88. The smallest absolute Gasteiger partial charge is 0.331 e. The number of hydrogen-bond donors (Lipinski definition) is 4. The van der Waals surface area contributed by atoms with Gasteiger partial charge in [0, 0.05) is 24.6 Å². The predicted molar refractivity (Wildman–Crippen MR) is 143 cm³/mol. The minimum atomic E-state index is -1.27. The largest absolute Gasteiger partial charge is 0.497 e. The van der Waals surface area contributed by atoms with Gasteiger partial charge < -0.3 is 35.4 Å². The van der Waals surface area contributed by atoms with Gasteiger partial charge in [0.25, 0.3) is 0 Å². The highest BCUT2D eigenvalue weighted by Crippen LogP contribution is 2.29. The Labute approximate surface area is 227 Å². The van der Waals surface area contributed by atoms with Gasteiger partial charge in [-0.05, 0) is 49.2 Å². The number of carboxylic acids is 3. The normalized spacial score (nSPS) is 15.5. The zero-order valence-corrected chi connectivity index (χ0v) is 22.5. The number of methoxy groups -OCH3 is 2. The van der Waals surface area contributed by atoms with Gasteiger partial charge in [-0.1, -0.05) is 30.8 Å². The van der Waals surface area contributed by atoms with Gasteiger partial charge >= 0.3 is 17.9 Å². The molecule has 1 saturated heterocycles. The molecule has 0 aliphatic carbocycles. The molecular formula is C28H36N2O9. The Morgan fingerprint density at radius 2 is 1.41 bits per heavy atom. The van der Waals surface area contributed by atoms with E-state index in [1.807, 2.05) is 62.4 Å². The number of carbonyl (C=O) groups is 4. The first-order chi connectivity index (χ1) is 18.3. The van der Waals surface area contributed by atoms with Crippen LogP contribution in [-0.2, 0) is 19.2 Å². The molecule has 0 bridgehead atoms. The number of carboxylic acid groups (broad SMARTS) is 3. The fourth-order valence-electron chi connectivity index (χ4n) is 3.50. The Kier molecular flexibility index (Phi) is 13.2. The SMILES string of the molecule is C=C(CC(=O)O)C(=O)O.COc1ccc([C@@H](C)N)cc1.COc1ccc([C@@H](C)N2C[C@@H](C(=O)O)CC2=O)cc1. The summed E-state index contributed by atoms with van der Waals surface area (Å²) in [4.78, 5) is 44.1. The maximum atomic E-state index is 11.9. The number of benzene rings is 2. The van der Waals surface area contributed by atoms with Crippen molar-refractivity contribution >= 4 is 23.8 Å². The molecule has 0 saturated carbocycles. The maximum Gasteiger partial charge on any atom is 0.331 e. The highest BCUT2D eigenvalue weighted by atomic mass is 16.5. The lowest BCUT2D eigenvalue weighted by atomic mass is 10.1. The van der Waals surface area contributed by atoms with Gasteiger partial charge in [-0.15, -0.1) is 0 Å². The molecule has 0 radical (unpaired) electrons. The summed E-state index contributed by atoms with van der Waals surface area (Å²) in [5.41, 5.74) is 7.46. The zero-order chi connectivity index (χ0) is 29.7. The van der Waals surface area contributed by atoms with Gasteiger partial charge in [-0.2, -0.15) is 0 Å². The van der Waals surface area contributed by atoms with Crippen LogP contribution in [0, 0.1) is 5.92 Å². The molecule has 2 aromatic carbocycles. The van der Waals surface area contributed by atoms with Crippen molar-refractivity contribution in [2.45, 2.75) is 38.8 Å². The minimum Gasteiger partial charge on any atom is -0.497 e. The molecule has 0 aromatic heterocycles. The Balaban J connectivity index is 0.000000324. The molecule has 3 atom stereocenters. The minimum absolute atomic E-state index is 0.0931. The third-order valence-electron chi connectivity index (χ3n) is 5.88. The van der Waals surface area contributed by atoms with E-state index in [1.54, 1.807) is 19.1 Å². The molecule has 1 aliphatic heterocycles. The summed E-state index contributed by atoms with van der Waals surface area (Å²) in [6.07, 6.45) is -0.412. The standard InChI is InChI=1S/C14H17NO4.C9H13NO.C5H6O4/c1-9(10-3-5-12(19-2)6-4-10)15-8-11(14(17)18)7-13(15)16;1-7(10)8-3-5-9(11-2)6-4-8;1-3(5(8)9)2-4(6)7/h3-6,9,11H,7-8H2,1-2H3,(H,17,18);3-7H,10H2,1-2H3;1-2H2,(H,6,7)(H,8,9)/t9-,11+;7-;/m11./s1. The molecule has 1 fully saturated rings. The molecule has 1 amide bonds. The molecule has 39 heavy (non-hydrogen) atoms. The van der Waals surface area contributed by atoms with Crippen LogP contribution in [0.1, 0.15) is 49.9 Å². The summed E-state index contributed by atoms with van der Waals surface area (Å²) in [5.74, 6) is -2.41. The van der Waals surface area contributed by atoms with Crippen LogP contribution in [0.4, 0.5) is 0 Å².